The molecule has 2 aromatic carbocycles. The zero-order valence-corrected chi connectivity index (χ0v) is 16.7. The summed E-state index contributed by atoms with van der Waals surface area (Å²) in [5, 5.41) is 15.8. The second kappa shape index (κ2) is 8.52. The lowest BCUT2D eigenvalue weighted by molar-refractivity contribution is -0.119. The molecule has 10 heteroatoms. The molecule has 4 rings (SSSR count). The number of carbonyl (C=O) groups is 2. The van der Waals surface area contributed by atoms with E-state index < -0.39 is 23.9 Å². The van der Waals surface area contributed by atoms with Crippen LogP contribution in [-0.4, -0.2) is 39.7 Å². The summed E-state index contributed by atoms with van der Waals surface area (Å²) in [6.45, 7) is -0.134. The molecule has 0 aliphatic heterocycles. The van der Waals surface area contributed by atoms with Crippen molar-refractivity contribution in [2.45, 2.75) is 12.5 Å². The van der Waals surface area contributed by atoms with Gasteiger partial charge in [0.2, 0.25) is 5.91 Å². The van der Waals surface area contributed by atoms with Crippen molar-refractivity contribution in [2.75, 3.05) is 11.9 Å². The average Bonchev–Trinajstić information content (AvgIpc) is 3.14. The standard InChI is InChI=1S/C22H20FN5O4/c23-16-2-1-3-17-14(16)9-15(21(31)28-17)19-6-11-4-5-12(7-18(11)27-19)26-22(32)25-10-13(29)8-20(24)30/h1-7,9,13,27,29H,8,10H2,(H2,24,30)(H,28,31)(H2,25,26,32). The van der Waals surface area contributed by atoms with Gasteiger partial charge in [-0.05, 0) is 36.4 Å². The summed E-state index contributed by atoms with van der Waals surface area (Å²) in [5.74, 6) is -1.10. The SMILES string of the molecule is NC(=O)CC(O)CNC(=O)Nc1ccc2cc(-c3cc4c(F)cccc4[nH]c3=O)[nH]c2c1. The fourth-order valence-electron chi connectivity index (χ4n) is 3.43. The minimum Gasteiger partial charge on any atom is -0.391 e. The van der Waals surface area contributed by atoms with Crippen LogP contribution in [0.25, 0.3) is 33.1 Å². The Bertz CT molecular complexity index is 1390. The number of nitrogens with one attached hydrogen (secondary N) is 4. The van der Waals surface area contributed by atoms with Crippen LogP contribution in [0.1, 0.15) is 6.42 Å². The number of hydrogen-bond donors (Lipinski definition) is 6. The van der Waals surface area contributed by atoms with E-state index in [1.807, 2.05) is 0 Å². The van der Waals surface area contributed by atoms with Crippen molar-refractivity contribution in [3.63, 3.8) is 0 Å². The van der Waals surface area contributed by atoms with E-state index in [-0.39, 0.29) is 24.1 Å². The van der Waals surface area contributed by atoms with Crippen LogP contribution in [-0.2, 0) is 4.79 Å². The molecule has 2 heterocycles. The normalized spacial score (nSPS) is 12.1. The lowest BCUT2D eigenvalue weighted by Crippen LogP contribution is -2.36. The maximum atomic E-state index is 14.2. The monoisotopic (exact) mass is 437 g/mol. The number of pyridine rings is 1. The molecule has 0 fully saturated rings. The average molecular weight is 437 g/mol. The number of aromatic nitrogens is 2. The van der Waals surface area contributed by atoms with Crippen molar-refractivity contribution in [1.82, 2.24) is 15.3 Å². The number of H-pyrrole nitrogens is 2. The molecule has 3 amide bonds. The number of fused-ring (bicyclic) bond motifs is 2. The smallest absolute Gasteiger partial charge is 0.319 e. The molecule has 0 spiro atoms. The molecule has 7 N–H and O–H groups in total. The predicted octanol–water partition coefficient (Wildman–Crippen LogP) is 2.17. The highest BCUT2D eigenvalue weighted by Crippen LogP contribution is 2.26. The number of rotatable bonds is 6. The number of aliphatic hydroxyl groups excluding tert-OH is 1. The molecular weight excluding hydrogens is 417 g/mol. The van der Waals surface area contributed by atoms with Crippen LogP contribution in [0.2, 0.25) is 0 Å². The summed E-state index contributed by atoms with van der Waals surface area (Å²) in [7, 11) is 0. The first-order valence-corrected chi connectivity index (χ1v) is 9.76. The Balaban J connectivity index is 1.55. The number of aliphatic hydroxyl groups is 1. The quantitative estimate of drug-likeness (QED) is 0.274. The van der Waals surface area contributed by atoms with Crippen LogP contribution in [0.3, 0.4) is 0 Å². The predicted molar refractivity (Wildman–Crippen MR) is 119 cm³/mol. The van der Waals surface area contributed by atoms with E-state index in [1.54, 1.807) is 30.3 Å². The molecule has 9 nitrogen and oxygen atoms in total. The summed E-state index contributed by atoms with van der Waals surface area (Å²) >= 11 is 0. The minimum absolute atomic E-state index is 0.134. The van der Waals surface area contributed by atoms with E-state index in [0.29, 0.717) is 27.8 Å². The first-order valence-electron chi connectivity index (χ1n) is 9.76. The van der Waals surface area contributed by atoms with Gasteiger partial charge < -0.3 is 31.4 Å². The fraction of sp³-hybridized carbons (Fsp3) is 0.136. The van der Waals surface area contributed by atoms with Gasteiger partial charge >= 0.3 is 6.03 Å². The number of carbonyl (C=O) groups excluding carboxylic acids is 2. The third-order valence-corrected chi connectivity index (χ3v) is 4.94. The van der Waals surface area contributed by atoms with Gasteiger partial charge in [-0.1, -0.05) is 12.1 Å². The molecule has 1 atom stereocenters. The van der Waals surface area contributed by atoms with Crippen LogP contribution < -0.4 is 21.9 Å². The number of primary amides is 1. The van der Waals surface area contributed by atoms with E-state index >= 15 is 0 Å². The Hall–Kier alpha value is -4.18. The van der Waals surface area contributed by atoms with Gasteiger partial charge in [-0.25, -0.2) is 9.18 Å². The van der Waals surface area contributed by atoms with Crippen molar-refractivity contribution in [1.29, 1.82) is 0 Å². The van der Waals surface area contributed by atoms with Crippen LogP contribution in [0.5, 0.6) is 0 Å². The van der Waals surface area contributed by atoms with Gasteiger partial charge in [0.05, 0.1) is 29.3 Å². The van der Waals surface area contributed by atoms with Crippen molar-refractivity contribution >= 4 is 39.4 Å². The number of anilines is 1. The topological polar surface area (TPSA) is 153 Å². The fourth-order valence-corrected chi connectivity index (χ4v) is 3.43. The van der Waals surface area contributed by atoms with Crippen molar-refractivity contribution in [3.05, 3.63) is 64.7 Å². The highest BCUT2D eigenvalue weighted by atomic mass is 19.1. The van der Waals surface area contributed by atoms with Gasteiger partial charge in [-0.15, -0.1) is 0 Å². The number of aromatic amines is 2. The number of halogens is 1. The Morgan fingerprint density at radius 3 is 2.69 bits per heavy atom. The van der Waals surface area contributed by atoms with E-state index in [4.69, 9.17) is 5.73 Å². The van der Waals surface area contributed by atoms with Gasteiger partial charge in [-0.2, -0.15) is 0 Å². The first-order chi connectivity index (χ1) is 15.3. The first kappa shape index (κ1) is 21.1. The molecule has 1 unspecified atom stereocenters. The maximum Gasteiger partial charge on any atom is 0.319 e. The molecule has 0 aliphatic carbocycles. The molecular formula is C22H20FN5O4. The molecule has 0 bridgehead atoms. The van der Waals surface area contributed by atoms with Crippen LogP contribution in [0, 0.1) is 5.82 Å². The van der Waals surface area contributed by atoms with E-state index in [0.717, 1.165) is 5.39 Å². The van der Waals surface area contributed by atoms with Crippen molar-refractivity contribution in [3.8, 4) is 11.3 Å². The van der Waals surface area contributed by atoms with E-state index in [9.17, 15) is 23.9 Å². The van der Waals surface area contributed by atoms with E-state index in [1.165, 1.54) is 18.2 Å². The number of urea groups is 1. The Labute approximate surface area is 180 Å². The number of amides is 3. The Morgan fingerprint density at radius 2 is 1.91 bits per heavy atom. The van der Waals surface area contributed by atoms with Gasteiger partial charge in [0.15, 0.2) is 0 Å². The van der Waals surface area contributed by atoms with Gasteiger partial charge in [0.25, 0.3) is 5.56 Å². The van der Waals surface area contributed by atoms with Gasteiger partial charge in [0, 0.05) is 28.5 Å². The maximum absolute atomic E-state index is 14.2. The van der Waals surface area contributed by atoms with Gasteiger partial charge in [-0.3, -0.25) is 9.59 Å². The Morgan fingerprint density at radius 1 is 1.09 bits per heavy atom. The van der Waals surface area contributed by atoms with Crippen LogP contribution >= 0.6 is 0 Å². The lowest BCUT2D eigenvalue weighted by atomic mass is 10.1. The largest absolute Gasteiger partial charge is 0.391 e. The van der Waals surface area contributed by atoms with E-state index in [2.05, 4.69) is 20.6 Å². The summed E-state index contributed by atoms with van der Waals surface area (Å²) in [4.78, 5) is 41.1. The third-order valence-electron chi connectivity index (χ3n) is 4.94. The van der Waals surface area contributed by atoms with Crippen LogP contribution in [0.15, 0.2) is 53.3 Å². The zero-order valence-electron chi connectivity index (χ0n) is 16.7. The number of nitrogens with two attached hydrogens (primary N) is 1. The highest BCUT2D eigenvalue weighted by Gasteiger charge is 2.13. The molecule has 0 saturated carbocycles. The third kappa shape index (κ3) is 4.44. The summed E-state index contributed by atoms with van der Waals surface area (Å²) in [5.41, 5.74) is 6.95. The van der Waals surface area contributed by atoms with Gasteiger partial charge in [0.1, 0.15) is 5.82 Å². The molecule has 2 aromatic heterocycles. The molecule has 164 valence electrons. The summed E-state index contributed by atoms with van der Waals surface area (Å²) < 4.78 is 14.2. The number of benzene rings is 2. The minimum atomic E-state index is -1.07. The second-order valence-electron chi connectivity index (χ2n) is 7.36. The second-order valence-corrected chi connectivity index (χ2v) is 7.36. The Kier molecular flexibility index (Phi) is 5.61. The molecule has 0 aliphatic rings. The molecule has 32 heavy (non-hydrogen) atoms. The van der Waals surface area contributed by atoms with Crippen molar-refractivity contribution in [2.24, 2.45) is 5.73 Å². The summed E-state index contributed by atoms with van der Waals surface area (Å²) in [6.07, 6.45) is -1.33. The molecule has 4 aromatic rings. The zero-order chi connectivity index (χ0) is 22.8. The van der Waals surface area contributed by atoms with Crippen molar-refractivity contribution < 1.29 is 19.1 Å². The lowest BCUT2D eigenvalue weighted by Gasteiger charge is -2.11. The summed E-state index contributed by atoms with van der Waals surface area (Å²) in [6, 6.07) is 12.3. The number of hydrogen-bond acceptors (Lipinski definition) is 4. The molecule has 0 saturated heterocycles. The highest BCUT2D eigenvalue weighted by molar-refractivity contribution is 5.94. The van der Waals surface area contributed by atoms with Crippen LogP contribution in [0.4, 0.5) is 14.9 Å². The molecule has 0 radical (unpaired) electrons.